The second-order valence-electron chi connectivity index (χ2n) is 13.4. The van der Waals surface area contributed by atoms with Crippen molar-refractivity contribution in [2.75, 3.05) is 0 Å². The quantitative estimate of drug-likeness (QED) is 0.128. The molecule has 0 fully saturated rings. The zero-order valence-corrected chi connectivity index (χ0v) is 32.6. The maximum atomic E-state index is 8.44. The molecule has 47 heavy (non-hydrogen) atoms. The normalized spacial score (nSPS) is 12.7. The first-order chi connectivity index (χ1) is 22.6. The fraction of sp³-hybridized carbons (Fsp3) is 0.238. The van der Waals surface area contributed by atoms with Gasteiger partial charge in [0, 0.05) is 45.6 Å². The van der Waals surface area contributed by atoms with Crippen molar-refractivity contribution in [2.24, 2.45) is 0 Å². The molecule has 0 amide bonds. The van der Waals surface area contributed by atoms with Gasteiger partial charge in [-0.1, -0.05) is 112 Å². The number of aryl methyl sites for hydroxylation is 1. The molecule has 0 N–H and O–H groups in total. The van der Waals surface area contributed by atoms with Crippen molar-refractivity contribution < 1.29 is 22.8 Å². The summed E-state index contributed by atoms with van der Waals surface area (Å²) in [6.07, 6.45) is 3.85. The molecule has 0 aliphatic heterocycles. The van der Waals surface area contributed by atoms with Crippen molar-refractivity contribution in [3.63, 3.8) is 0 Å². The van der Waals surface area contributed by atoms with Crippen LogP contribution in [0.2, 0.25) is 19.6 Å². The first-order valence-corrected chi connectivity index (χ1v) is 20.1. The van der Waals surface area contributed by atoms with Crippen molar-refractivity contribution in [1.82, 2.24) is 9.97 Å². The topological polar surface area (TPSA) is 25.8 Å². The Hall–Kier alpha value is -3.47. The van der Waals surface area contributed by atoms with E-state index in [1.165, 1.54) is 31.6 Å². The van der Waals surface area contributed by atoms with Gasteiger partial charge in [-0.05, 0) is 62.9 Å². The first kappa shape index (κ1) is 32.1. The molecule has 7 aromatic rings. The summed E-state index contributed by atoms with van der Waals surface area (Å²) in [6, 6.07) is 35.7. The van der Waals surface area contributed by atoms with Gasteiger partial charge < -0.3 is 4.98 Å². The van der Waals surface area contributed by atoms with Crippen LogP contribution in [0.1, 0.15) is 58.9 Å². The van der Waals surface area contributed by atoms with Crippen molar-refractivity contribution in [1.29, 1.82) is 0 Å². The second kappa shape index (κ2) is 14.3. The summed E-state index contributed by atoms with van der Waals surface area (Å²) >= 11 is 1.74. The minimum absolute atomic E-state index is 0. The van der Waals surface area contributed by atoms with Crippen LogP contribution < -0.4 is 5.19 Å². The van der Waals surface area contributed by atoms with Crippen LogP contribution in [0.4, 0.5) is 0 Å². The largest absolute Gasteiger partial charge is 0.305 e. The number of fused-ring (bicyclic) bond motifs is 5. The molecular weight excluding hydrogens is 785 g/mol. The Bertz CT molecular complexity index is 2260. The molecule has 0 unspecified atom stereocenters. The van der Waals surface area contributed by atoms with E-state index in [2.05, 4.69) is 103 Å². The van der Waals surface area contributed by atoms with Gasteiger partial charge in [0.15, 0.2) is 0 Å². The van der Waals surface area contributed by atoms with Crippen molar-refractivity contribution in [3.05, 3.63) is 126 Å². The molecule has 1 radical (unpaired) electrons. The predicted octanol–water partition coefficient (Wildman–Crippen LogP) is 11.7. The number of rotatable bonds is 5. The number of hydrogen-bond donors (Lipinski definition) is 0. The molecule has 2 nitrogen and oxygen atoms in total. The van der Waals surface area contributed by atoms with Gasteiger partial charge in [-0.3, -0.25) is 4.98 Å². The summed E-state index contributed by atoms with van der Waals surface area (Å²) < 4.78 is 19.2. The van der Waals surface area contributed by atoms with E-state index in [0.29, 0.717) is 0 Å². The zero-order valence-electron chi connectivity index (χ0n) is 30.4. The second-order valence-corrected chi connectivity index (χ2v) is 19.5. The summed E-state index contributed by atoms with van der Waals surface area (Å²) in [5.41, 5.74) is 7.21. The molecular formula is C42H42IrN2SSi-2. The van der Waals surface area contributed by atoms with Crippen LogP contribution in [-0.4, -0.2) is 18.0 Å². The summed E-state index contributed by atoms with van der Waals surface area (Å²) in [6.45, 7) is 16.9. The Morgan fingerprint density at radius 1 is 0.787 bits per heavy atom. The third-order valence-corrected chi connectivity index (χ3v) is 11.8. The number of hydrogen-bond acceptors (Lipinski definition) is 3. The summed E-state index contributed by atoms with van der Waals surface area (Å²) in [5.74, 6) is -1.33. The van der Waals surface area contributed by atoms with Crippen molar-refractivity contribution in [3.8, 4) is 22.5 Å². The molecule has 3 heterocycles. The molecule has 5 heteroatoms. The molecule has 241 valence electrons. The van der Waals surface area contributed by atoms with E-state index in [9.17, 15) is 0 Å². The molecule has 0 atom stereocenters. The minimum Gasteiger partial charge on any atom is -0.305 e. The van der Waals surface area contributed by atoms with Crippen LogP contribution in [0.5, 0.6) is 0 Å². The molecule has 0 aliphatic carbocycles. The Balaban J connectivity index is 0.000000221. The number of pyridine rings is 2. The zero-order chi connectivity index (χ0) is 34.4. The molecule has 0 spiro atoms. The maximum absolute atomic E-state index is 8.44. The third-order valence-electron chi connectivity index (χ3n) is 8.45. The summed E-state index contributed by atoms with van der Waals surface area (Å²) in [7, 11) is -1.27. The molecule has 7 rings (SSSR count). The van der Waals surface area contributed by atoms with Gasteiger partial charge in [-0.15, -0.1) is 53.4 Å². The fourth-order valence-electron chi connectivity index (χ4n) is 5.95. The Kier molecular flexibility index (Phi) is 9.79. The van der Waals surface area contributed by atoms with Crippen LogP contribution in [0.15, 0.2) is 97.3 Å². The SMILES string of the molecule is Cc1cc(-c2[c-]cccc2)ncc1[Si](C)(C)C.[2H]C(C)(C)c1ccnc(-c2[c-]c3ccccc3c3c2sc2cc(C([2H])(C)C)ccc23)c1.[Ir]. The van der Waals surface area contributed by atoms with Crippen molar-refractivity contribution in [2.45, 2.75) is 66.0 Å². The van der Waals surface area contributed by atoms with Crippen LogP contribution in [0, 0.1) is 19.1 Å². The number of aromatic nitrogens is 2. The van der Waals surface area contributed by atoms with E-state index < -0.39 is 19.9 Å². The van der Waals surface area contributed by atoms with Gasteiger partial charge in [-0.2, -0.15) is 11.3 Å². The first-order valence-electron chi connectivity index (χ1n) is 16.8. The van der Waals surface area contributed by atoms with Gasteiger partial charge in [-0.25, -0.2) is 0 Å². The van der Waals surface area contributed by atoms with E-state index in [1.807, 2.05) is 64.1 Å². The molecule has 4 aromatic carbocycles. The Morgan fingerprint density at radius 3 is 2.19 bits per heavy atom. The molecule has 0 saturated carbocycles. The van der Waals surface area contributed by atoms with Gasteiger partial charge in [0.25, 0.3) is 0 Å². The molecule has 3 aromatic heterocycles. The molecule has 0 bridgehead atoms. The number of nitrogens with zero attached hydrogens (tertiary/aromatic N) is 2. The van der Waals surface area contributed by atoms with Crippen LogP contribution in [-0.2, 0) is 20.1 Å². The van der Waals surface area contributed by atoms with Gasteiger partial charge >= 0.3 is 0 Å². The van der Waals surface area contributed by atoms with E-state index in [1.54, 1.807) is 17.5 Å². The van der Waals surface area contributed by atoms with Crippen molar-refractivity contribution >= 4 is 55.5 Å². The number of benzene rings is 4. The van der Waals surface area contributed by atoms with Crippen LogP contribution >= 0.6 is 11.3 Å². The van der Waals surface area contributed by atoms with Gasteiger partial charge in [0.1, 0.15) is 0 Å². The molecule has 0 saturated heterocycles. The molecule has 0 aliphatic rings. The average molecular weight is 829 g/mol. The van der Waals surface area contributed by atoms with E-state index in [0.717, 1.165) is 43.7 Å². The summed E-state index contributed by atoms with van der Waals surface area (Å²) in [4.78, 5) is 9.25. The van der Waals surface area contributed by atoms with Gasteiger partial charge in [0.2, 0.25) is 0 Å². The Morgan fingerprint density at radius 2 is 1.51 bits per heavy atom. The monoisotopic (exact) mass is 829 g/mol. The fourth-order valence-corrected chi connectivity index (χ4v) is 8.92. The van der Waals surface area contributed by atoms with E-state index >= 15 is 0 Å². The van der Waals surface area contributed by atoms with E-state index in [4.69, 9.17) is 2.74 Å². The third kappa shape index (κ3) is 7.34. The average Bonchev–Trinajstić information content (AvgIpc) is 3.43. The van der Waals surface area contributed by atoms with Crippen LogP contribution in [0.25, 0.3) is 53.5 Å². The number of thiophene rings is 1. The standard InChI is InChI=1S/C27H24NS.C15H18NSi.Ir/c1-16(2)18-9-10-22-25(15-18)29-27-23(24-14-19(17(3)4)11-12-28-24)13-20-7-5-6-8-21(20)26(22)27;1-12-10-14(13-8-6-5-7-9-13)16-11-15(12)17(2,3)4;/h5-12,14-17H,1-4H3;5-8,10-11H,1-4H3;/q2*-1;/i16D,17D;;. The minimum atomic E-state index is -1.27. The summed E-state index contributed by atoms with van der Waals surface area (Å²) in [5, 5.41) is 6.11. The Labute approximate surface area is 301 Å². The van der Waals surface area contributed by atoms with Crippen LogP contribution in [0.3, 0.4) is 0 Å². The van der Waals surface area contributed by atoms with E-state index in [-0.39, 0.29) is 20.1 Å². The smallest absolute Gasteiger partial charge is 0.0798 e. The predicted molar refractivity (Wildman–Crippen MR) is 203 cm³/mol. The van der Waals surface area contributed by atoms with Gasteiger partial charge in [0.05, 0.1) is 8.07 Å². The maximum Gasteiger partial charge on any atom is 0.0798 e.